The first kappa shape index (κ1) is 18.1. The number of aromatic nitrogens is 3. The molecule has 0 spiro atoms. The molecule has 0 unspecified atom stereocenters. The van der Waals surface area contributed by atoms with Crippen molar-refractivity contribution in [1.82, 2.24) is 14.8 Å². The molecule has 5 nitrogen and oxygen atoms in total. The van der Waals surface area contributed by atoms with Gasteiger partial charge in [-0.1, -0.05) is 48.2 Å². The van der Waals surface area contributed by atoms with E-state index in [1.807, 2.05) is 42.7 Å². The van der Waals surface area contributed by atoms with E-state index in [0.717, 1.165) is 17.0 Å². The maximum Gasteiger partial charge on any atom is 0.234 e. The largest absolute Gasteiger partial charge is 0.323 e. The third-order valence-electron chi connectivity index (χ3n) is 3.90. The van der Waals surface area contributed by atoms with Gasteiger partial charge in [0.1, 0.15) is 5.82 Å². The van der Waals surface area contributed by atoms with Crippen LogP contribution in [-0.4, -0.2) is 26.4 Å². The van der Waals surface area contributed by atoms with E-state index in [9.17, 15) is 9.18 Å². The van der Waals surface area contributed by atoms with Crippen molar-refractivity contribution in [2.45, 2.75) is 25.5 Å². The Kier molecular flexibility index (Phi) is 5.68. The molecule has 1 N–H and O–H groups in total. The maximum atomic E-state index is 13.6. The van der Waals surface area contributed by atoms with Crippen LogP contribution in [0.5, 0.6) is 0 Å². The lowest BCUT2D eigenvalue weighted by molar-refractivity contribution is -0.113. The van der Waals surface area contributed by atoms with Gasteiger partial charge >= 0.3 is 0 Å². The number of halogens is 1. The van der Waals surface area contributed by atoms with Crippen molar-refractivity contribution in [1.29, 1.82) is 0 Å². The van der Waals surface area contributed by atoms with Gasteiger partial charge in [-0.3, -0.25) is 4.79 Å². The van der Waals surface area contributed by atoms with E-state index in [1.54, 1.807) is 12.1 Å². The summed E-state index contributed by atoms with van der Waals surface area (Å²) in [6.07, 6.45) is 0. The van der Waals surface area contributed by atoms with Gasteiger partial charge in [-0.25, -0.2) is 4.39 Å². The van der Waals surface area contributed by atoms with Gasteiger partial charge < -0.3 is 9.88 Å². The van der Waals surface area contributed by atoms with Gasteiger partial charge in [0.25, 0.3) is 0 Å². The summed E-state index contributed by atoms with van der Waals surface area (Å²) >= 11 is 1.28. The Morgan fingerprint density at radius 2 is 1.88 bits per heavy atom. The zero-order chi connectivity index (χ0) is 18.5. The molecule has 0 fully saturated rings. The average Bonchev–Trinajstić information content (AvgIpc) is 3.05. The highest BCUT2D eigenvalue weighted by molar-refractivity contribution is 7.99. The number of thioether (sulfide) groups is 1. The zero-order valence-corrected chi connectivity index (χ0v) is 15.4. The molecule has 1 amide bonds. The summed E-state index contributed by atoms with van der Waals surface area (Å²) in [7, 11) is 0. The summed E-state index contributed by atoms with van der Waals surface area (Å²) < 4.78 is 15.6. The summed E-state index contributed by atoms with van der Waals surface area (Å²) in [4.78, 5) is 12.1. The molecule has 0 saturated heterocycles. The molecule has 0 aliphatic carbocycles. The Bertz CT molecular complexity index is 925. The van der Waals surface area contributed by atoms with Crippen LogP contribution in [0.1, 0.15) is 12.5 Å². The summed E-state index contributed by atoms with van der Waals surface area (Å²) in [5.74, 6) is 0.162. The summed E-state index contributed by atoms with van der Waals surface area (Å²) in [6, 6.07) is 14.1. The predicted octanol–water partition coefficient (Wildman–Crippen LogP) is 4.14. The van der Waals surface area contributed by atoms with Crippen LogP contribution in [0.2, 0.25) is 0 Å². The second kappa shape index (κ2) is 8.14. The molecule has 134 valence electrons. The molecule has 0 saturated carbocycles. The molecular formula is C19H19FN4OS. The van der Waals surface area contributed by atoms with Gasteiger partial charge in [-0.2, -0.15) is 0 Å². The predicted molar refractivity (Wildman–Crippen MR) is 102 cm³/mol. The van der Waals surface area contributed by atoms with Gasteiger partial charge in [0, 0.05) is 12.1 Å². The lowest BCUT2D eigenvalue weighted by Crippen LogP contribution is -2.15. The van der Waals surface area contributed by atoms with Crippen LogP contribution < -0.4 is 5.32 Å². The first-order chi connectivity index (χ1) is 12.6. The lowest BCUT2D eigenvalue weighted by Gasteiger charge is -2.09. The number of aryl methyl sites for hydroxylation is 1. The third kappa shape index (κ3) is 3.94. The Morgan fingerprint density at radius 1 is 1.15 bits per heavy atom. The molecule has 1 heterocycles. The topological polar surface area (TPSA) is 59.8 Å². The van der Waals surface area contributed by atoms with E-state index >= 15 is 0 Å². The van der Waals surface area contributed by atoms with Crippen molar-refractivity contribution < 1.29 is 9.18 Å². The van der Waals surface area contributed by atoms with Gasteiger partial charge in [0.15, 0.2) is 11.0 Å². The quantitative estimate of drug-likeness (QED) is 0.663. The van der Waals surface area contributed by atoms with E-state index in [-0.39, 0.29) is 17.3 Å². The second-order valence-corrected chi connectivity index (χ2v) is 6.62. The molecule has 7 heteroatoms. The van der Waals surface area contributed by atoms with Crippen LogP contribution in [0.3, 0.4) is 0 Å². The number of hydrogen-bond acceptors (Lipinski definition) is 4. The number of hydrogen-bond donors (Lipinski definition) is 1. The van der Waals surface area contributed by atoms with Crippen LogP contribution in [0.25, 0.3) is 11.4 Å². The second-order valence-electron chi connectivity index (χ2n) is 5.68. The van der Waals surface area contributed by atoms with Crippen molar-refractivity contribution >= 4 is 23.4 Å². The lowest BCUT2D eigenvalue weighted by atomic mass is 10.1. The number of nitrogens with zero attached hydrogens (tertiary/aromatic N) is 3. The molecule has 0 aliphatic rings. The number of carbonyl (C=O) groups is 1. The molecule has 0 bridgehead atoms. The molecule has 0 atom stereocenters. The molecule has 1 aromatic heterocycles. The highest BCUT2D eigenvalue weighted by Crippen LogP contribution is 2.26. The standard InChI is InChI=1S/C19H19FN4OS/c1-3-24-18(14-9-5-4-8-13(14)2)22-23-19(24)26-12-17(25)21-16-11-7-6-10-15(16)20/h4-11H,3,12H2,1-2H3,(H,21,25). The number of benzene rings is 2. The number of amides is 1. The Morgan fingerprint density at radius 3 is 2.62 bits per heavy atom. The Hall–Kier alpha value is -2.67. The minimum atomic E-state index is -0.454. The van der Waals surface area contributed by atoms with E-state index in [2.05, 4.69) is 15.5 Å². The fourth-order valence-electron chi connectivity index (χ4n) is 2.58. The van der Waals surface area contributed by atoms with Crippen LogP contribution in [0.4, 0.5) is 10.1 Å². The summed E-state index contributed by atoms with van der Waals surface area (Å²) in [5.41, 5.74) is 2.31. The highest BCUT2D eigenvalue weighted by atomic mass is 32.2. The van der Waals surface area contributed by atoms with Crippen molar-refractivity contribution in [3.05, 3.63) is 59.9 Å². The van der Waals surface area contributed by atoms with E-state index < -0.39 is 5.82 Å². The number of anilines is 1. The van der Waals surface area contributed by atoms with Gasteiger partial charge in [0.2, 0.25) is 5.91 Å². The number of nitrogens with one attached hydrogen (secondary N) is 1. The van der Waals surface area contributed by atoms with Crippen LogP contribution >= 0.6 is 11.8 Å². The third-order valence-corrected chi connectivity index (χ3v) is 4.87. The average molecular weight is 370 g/mol. The van der Waals surface area contributed by atoms with Crippen molar-refractivity contribution in [3.8, 4) is 11.4 Å². The molecular weight excluding hydrogens is 351 g/mol. The zero-order valence-electron chi connectivity index (χ0n) is 14.6. The monoisotopic (exact) mass is 370 g/mol. The van der Waals surface area contributed by atoms with Crippen LogP contribution in [-0.2, 0) is 11.3 Å². The minimum Gasteiger partial charge on any atom is -0.323 e. The van der Waals surface area contributed by atoms with E-state index in [0.29, 0.717) is 11.7 Å². The molecule has 26 heavy (non-hydrogen) atoms. The number of rotatable bonds is 6. The van der Waals surface area contributed by atoms with Gasteiger partial charge in [-0.05, 0) is 31.5 Å². The van der Waals surface area contributed by atoms with Crippen LogP contribution in [0.15, 0.2) is 53.7 Å². The SMILES string of the molecule is CCn1c(SCC(=O)Nc2ccccc2F)nnc1-c1ccccc1C. The first-order valence-electron chi connectivity index (χ1n) is 8.26. The van der Waals surface area contributed by atoms with Gasteiger partial charge in [-0.15, -0.1) is 10.2 Å². The normalized spacial score (nSPS) is 10.7. The molecule has 0 aliphatic heterocycles. The Labute approximate surface area is 155 Å². The molecule has 3 aromatic rings. The van der Waals surface area contributed by atoms with Crippen molar-refractivity contribution in [3.63, 3.8) is 0 Å². The van der Waals surface area contributed by atoms with Crippen LogP contribution in [0, 0.1) is 12.7 Å². The molecule has 0 radical (unpaired) electrons. The first-order valence-corrected chi connectivity index (χ1v) is 9.25. The van der Waals surface area contributed by atoms with Crippen molar-refractivity contribution in [2.24, 2.45) is 0 Å². The Balaban J connectivity index is 1.72. The summed E-state index contributed by atoms with van der Waals surface area (Å²) in [6.45, 7) is 4.72. The smallest absolute Gasteiger partial charge is 0.234 e. The molecule has 3 rings (SSSR count). The molecule has 2 aromatic carbocycles. The summed E-state index contributed by atoms with van der Waals surface area (Å²) in [5, 5.41) is 11.8. The van der Waals surface area contributed by atoms with E-state index in [1.165, 1.54) is 23.9 Å². The van der Waals surface area contributed by atoms with Gasteiger partial charge in [0.05, 0.1) is 11.4 Å². The fraction of sp³-hybridized carbons (Fsp3) is 0.211. The minimum absolute atomic E-state index is 0.125. The number of carbonyl (C=O) groups excluding carboxylic acids is 1. The number of para-hydroxylation sites is 1. The van der Waals surface area contributed by atoms with E-state index in [4.69, 9.17) is 0 Å². The maximum absolute atomic E-state index is 13.6. The highest BCUT2D eigenvalue weighted by Gasteiger charge is 2.16. The van der Waals surface area contributed by atoms with Crippen molar-refractivity contribution in [2.75, 3.05) is 11.1 Å². The fourth-order valence-corrected chi connectivity index (χ4v) is 3.38.